The van der Waals surface area contributed by atoms with E-state index in [2.05, 4.69) is 18.7 Å². The number of aryl methyl sites for hydroxylation is 2. The molecule has 1 aromatic rings. The molecular weight excluding hydrogens is 398 g/mol. The van der Waals surface area contributed by atoms with Crippen LogP contribution in [-0.4, -0.2) is 64.7 Å². The molecule has 4 atom stereocenters. The van der Waals surface area contributed by atoms with Crippen molar-refractivity contribution in [2.24, 2.45) is 11.8 Å². The maximum absolute atomic E-state index is 13.6. The summed E-state index contributed by atoms with van der Waals surface area (Å²) in [7, 11) is -5.65. The van der Waals surface area contributed by atoms with E-state index in [4.69, 9.17) is 4.74 Å². The lowest BCUT2D eigenvalue weighted by molar-refractivity contribution is 0.107. The van der Waals surface area contributed by atoms with E-state index in [-0.39, 0.29) is 16.4 Å². The molecule has 158 valence electrons. The number of ether oxygens (including phenoxy) is 1. The number of benzene rings is 1. The van der Waals surface area contributed by atoms with Crippen LogP contribution in [0.5, 0.6) is 5.75 Å². The Balaban J connectivity index is 2.02. The van der Waals surface area contributed by atoms with E-state index >= 15 is 0 Å². The molecule has 3 rings (SSSR count). The van der Waals surface area contributed by atoms with Gasteiger partial charge < -0.3 is 4.74 Å². The molecule has 2 fully saturated rings. The van der Waals surface area contributed by atoms with Gasteiger partial charge in [0.15, 0.2) is 19.7 Å². The topological polar surface area (TPSA) is 80.8 Å². The van der Waals surface area contributed by atoms with Crippen molar-refractivity contribution in [3.05, 3.63) is 23.3 Å². The highest BCUT2D eigenvalue weighted by Gasteiger charge is 2.49. The van der Waals surface area contributed by atoms with Crippen LogP contribution in [0, 0.1) is 25.7 Å². The van der Waals surface area contributed by atoms with Crippen molar-refractivity contribution in [2.75, 3.05) is 31.7 Å². The zero-order valence-corrected chi connectivity index (χ0v) is 18.9. The molecule has 2 aliphatic rings. The van der Waals surface area contributed by atoms with Crippen molar-refractivity contribution in [3.8, 4) is 5.75 Å². The maximum Gasteiger partial charge on any atom is 0.184 e. The minimum atomic E-state index is -3.80. The second-order valence-electron chi connectivity index (χ2n) is 8.71. The minimum Gasteiger partial charge on any atom is -0.496 e. The average Bonchev–Trinajstić information content (AvgIpc) is 2.92. The van der Waals surface area contributed by atoms with Crippen LogP contribution in [0.4, 0.5) is 0 Å². The number of methoxy groups -OCH3 is 1. The Hall–Kier alpha value is -1.12. The number of hydrogen-bond acceptors (Lipinski definition) is 6. The fraction of sp³-hybridized carbons (Fsp3) is 0.700. The molecule has 2 heterocycles. The molecule has 2 saturated heterocycles. The first-order valence-electron chi connectivity index (χ1n) is 9.78. The fourth-order valence-corrected chi connectivity index (χ4v) is 10.0. The second-order valence-corrected chi connectivity index (χ2v) is 13.0. The Morgan fingerprint density at radius 2 is 1.64 bits per heavy atom. The van der Waals surface area contributed by atoms with Gasteiger partial charge in [0, 0.05) is 19.1 Å². The van der Waals surface area contributed by atoms with Gasteiger partial charge in [-0.2, -0.15) is 0 Å². The fourth-order valence-electron chi connectivity index (χ4n) is 4.87. The van der Waals surface area contributed by atoms with E-state index < -0.39 is 31.0 Å². The summed E-state index contributed by atoms with van der Waals surface area (Å²) in [5.41, 5.74) is 1.31. The highest BCUT2D eigenvalue weighted by atomic mass is 32.2. The minimum absolute atomic E-state index is 0.0788. The molecule has 0 amide bonds. The van der Waals surface area contributed by atoms with Gasteiger partial charge in [0.25, 0.3) is 0 Å². The molecule has 0 unspecified atom stereocenters. The lowest BCUT2D eigenvalue weighted by Crippen LogP contribution is -2.51. The quantitative estimate of drug-likeness (QED) is 0.730. The maximum atomic E-state index is 13.6. The first kappa shape index (κ1) is 21.6. The number of likely N-dealkylation sites (tertiary alicyclic amines) is 1. The number of rotatable bonds is 4. The van der Waals surface area contributed by atoms with Crippen molar-refractivity contribution >= 4 is 19.7 Å². The largest absolute Gasteiger partial charge is 0.496 e. The third-order valence-corrected chi connectivity index (χ3v) is 10.3. The van der Waals surface area contributed by atoms with Gasteiger partial charge in [-0.25, -0.2) is 16.8 Å². The van der Waals surface area contributed by atoms with E-state index in [1.54, 1.807) is 33.1 Å². The van der Waals surface area contributed by atoms with Gasteiger partial charge in [-0.3, -0.25) is 4.90 Å². The smallest absolute Gasteiger partial charge is 0.184 e. The Bertz CT molecular complexity index is 945. The zero-order valence-electron chi connectivity index (χ0n) is 17.3. The van der Waals surface area contributed by atoms with Crippen LogP contribution < -0.4 is 4.74 Å². The van der Waals surface area contributed by atoms with Gasteiger partial charge in [0.05, 0.1) is 28.8 Å². The molecule has 1 aromatic carbocycles. The third-order valence-electron chi connectivity index (χ3n) is 6.04. The van der Waals surface area contributed by atoms with Crippen LogP contribution in [0.2, 0.25) is 0 Å². The Morgan fingerprint density at radius 1 is 1.04 bits per heavy atom. The predicted molar refractivity (Wildman–Crippen MR) is 110 cm³/mol. The van der Waals surface area contributed by atoms with Crippen LogP contribution in [0.15, 0.2) is 17.0 Å². The lowest BCUT2D eigenvalue weighted by atomic mass is 9.91. The number of piperidine rings is 1. The molecule has 6 nitrogen and oxygen atoms in total. The molecule has 0 radical (unpaired) electrons. The zero-order chi connectivity index (χ0) is 20.9. The molecule has 8 heteroatoms. The summed E-state index contributed by atoms with van der Waals surface area (Å²) in [5, 5.41) is -0.929. The summed E-state index contributed by atoms with van der Waals surface area (Å²) in [4.78, 5) is 2.33. The van der Waals surface area contributed by atoms with Crippen LogP contribution in [0.3, 0.4) is 0 Å². The second kappa shape index (κ2) is 7.61. The molecule has 0 spiro atoms. The van der Waals surface area contributed by atoms with Crippen molar-refractivity contribution in [1.29, 1.82) is 0 Å². The van der Waals surface area contributed by atoms with E-state index in [0.29, 0.717) is 23.1 Å². The van der Waals surface area contributed by atoms with E-state index in [1.807, 2.05) is 0 Å². The van der Waals surface area contributed by atoms with Gasteiger partial charge in [0.1, 0.15) is 5.75 Å². The van der Waals surface area contributed by atoms with Gasteiger partial charge in [-0.15, -0.1) is 0 Å². The first-order chi connectivity index (χ1) is 12.9. The molecule has 0 aromatic heterocycles. The molecule has 2 aliphatic heterocycles. The number of nitrogens with zero attached hydrogens (tertiary/aromatic N) is 1. The number of sulfone groups is 2. The molecule has 0 aliphatic carbocycles. The number of hydrogen-bond donors (Lipinski definition) is 0. The van der Waals surface area contributed by atoms with Crippen LogP contribution in [-0.2, 0) is 19.7 Å². The van der Waals surface area contributed by atoms with Crippen LogP contribution in [0.25, 0.3) is 0 Å². The standard InChI is InChI=1S/C20H31NO5S2/c1-13-6-14(2)10-21(9-13)17-11-27(22,23)12-20(17)28(24,25)19-8-15(3)18(26-5)7-16(19)4/h7-8,13-14,17,20H,6,9-12H2,1-5H3/t13-,14+,17-,20-/m0/s1. The van der Waals surface area contributed by atoms with Crippen molar-refractivity contribution in [2.45, 2.75) is 50.3 Å². The summed E-state index contributed by atoms with van der Waals surface area (Å²) >= 11 is 0. The van der Waals surface area contributed by atoms with Gasteiger partial charge in [-0.05, 0) is 55.4 Å². The first-order valence-corrected chi connectivity index (χ1v) is 13.1. The van der Waals surface area contributed by atoms with E-state index in [0.717, 1.165) is 25.1 Å². The Kier molecular flexibility index (Phi) is 5.87. The lowest BCUT2D eigenvalue weighted by Gasteiger charge is -2.40. The van der Waals surface area contributed by atoms with E-state index in [1.165, 1.54) is 0 Å². The monoisotopic (exact) mass is 429 g/mol. The highest BCUT2D eigenvalue weighted by Crippen LogP contribution is 2.35. The summed E-state index contributed by atoms with van der Waals surface area (Å²) in [5.74, 6) is 1.11. The van der Waals surface area contributed by atoms with Gasteiger partial charge >= 0.3 is 0 Å². The molecule has 0 bridgehead atoms. The van der Waals surface area contributed by atoms with Gasteiger partial charge in [-0.1, -0.05) is 13.8 Å². The van der Waals surface area contributed by atoms with Crippen LogP contribution >= 0.6 is 0 Å². The highest BCUT2D eigenvalue weighted by molar-refractivity contribution is 7.96. The van der Waals surface area contributed by atoms with Crippen molar-refractivity contribution < 1.29 is 21.6 Å². The third kappa shape index (κ3) is 4.09. The summed E-state index contributed by atoms with van der Waals surface area (Å²) in [6, 6.07) is 2.85. The van der Waals surface area contributed by atoms with Crippen LogP contribution in [0.1, 0.15) is 31.4 Å². The van der Waals surface area contributed by atoms with Crippen molar-refractivity contribution in [1.82, 2.24) is 4.90 Å². The molecule has 28 heavy (non-hydrogen) atoms. The molecule has 0 N–H and O–H groups in total. The Morgan fingerprint density at radius 3 is 2.21 bits per heavy atom. The normalized spacial score (nSPS) is 31.0. The molecular formula is C20H31NO5S2. The SMILES string of the molecule is COc1cc(C)c(S(=O)(=O)[C@H]2CS(=O)(=O)C[C@@H]2N2C[C@H](C)C[C@H](C)C2)cc1C. The Labute approximate surface area is 169 Å². The van der Waals surface area contributed by atoms with Crippen molar-refractivity contribution in [3.63, 3.8) is 0 Å². The van der Waals surface area contributed by atoms with E-state index in [9.17, 15) is 16.8 Å². The summed E-state index contributed by atoms with van der Waals surface area (Å²) < 4.78 is 57.4. The predicted octanol–water partition coefficient (Wildman–Crippen LogP) is 2.23. The van der Waals surface area contributed by atoms with Gasteiger partial charge in [0.2, 0.25) is 0 Å². The summed E-state index contributed by atoms with van der Waals surface area (Å²) in [6.45, 7) is 9.32. The average molecular weight is 430 g/mol. The molecule has 0 saturated carbocycles. The summed E-state index contributed by atoms with van der Waals surface area (Å²) in [6.07, 6.45) is 1.09.